The van der Waals surface area contributed by atoms with Crippen LogP contribution in [-0.4, -0.2) is 30.5 Å². The van der Waals surface area contributed by atoms with Gasteiger partial charge in [-0.15, -0.1) is 0 Å². The van der Waals surface area contributed by atoms with Gasteiger partial charge in [0, 0.05) is 41.0 Å². The van der Waals surface area contributed by atoms with E-state index < -0.39 is 16.8 Å². The lowest BCUT2D eigenvalue weighted by atomic mass is 10.1. The molecule has 1 N–H and O–H groups in total. The van der Waals surface area contributed by atoms with Crippen molar-refractivity contribution in [3.8, 4) is 0 Å². The molecule has 3 aromatic rings. The Balaban J connectivity index is 1.59. The summed E-state index contributed by atoms with van der Waals surface area (Å²) in [6.45, 7) is 1.13. The lowest BCUT2D eigenvalue weighted by Crippen LogP contribution is -2.21. The third kappa shape index (κ3) is 4.65. The SMILES string of the molecule is COC(=O)c1cc(Cl)ccc1NC(=O)c1ccc(CN2CCc3ccccc32)c([N+](=O)[O-])c1. The fourth-order valence-corrected chi connectivity index (χ4v) is 4.06. The molecule has 1 heterocycles. The van der Waals surface area contributed by atoms with Crippen molar-refractivity contribution in [3.63, 3.8) is 0 Å². The molecule has 0 aliphatic carbocycles. The number of nitrogens with zero attached hydrogens (tertiary/aromatic N) is 2. The highest BCUT2D eigenvalue weighted by molar-refractivity contribution is 6.31. The van der Waals surface area contributed by atoms with Crippen molar-refractivity contribution in [3.05, 3.63) is 98.1 Å². The van der Waals surface area contributed by atoms with Gasteiger partial charge in [0.15, 0.2) is 0 Å². The number of esters is 1. The number of nitro benzene ring substituents is 1. The van der Waals surface area contributed by atoms with Crippen molar-refractivity contribution in [2.45, 2.75) is 13.0 Å². The highest BCUT2D eigenvalue weighted by Crippen LogP contribution is 2.31. The number of carbonyl (C=O) groups excluding carboxylic acids is 2. The van der Waals surface area contributed by atoms with Gasteiger partial charge < -0.3 is 15.0 Å². The first-order chi connectivity index (χ1) is 15.9. The number of benzene rings is 3. The van der Waals surface area contributed by atoms with Crippen LogP contribution in [0.3, 0.4) is 0 Å². The molecule has 0 spiro atoms. The van der Waals surface area contributed by atoms with Crippen LogP contribution in [0.5, 0.6) is 0 Å². The molecule has 0 bridgehead atoms. The molecule has 1 aliphatic heterocycles. The Hall–Kier alpha value is -3.91. The Morgan fingerprint density at radius 1 is 1.15 bits per heavy atom. The zero-order valence-corrected chi connectivity index (χ0v) is 18.5. The third-order valence-corrected chi connectivity index (χ3v) is 5.76. The van der Waals surface area contributed by atoms with E-state index in [0.717, 1.165) is 18.7 Å². The molecule has 33 heavy (non-hydrogen) atoms. The van der Waals surface area contributed by atoms with Crippen molar-refractivity contribution in [1.29, 1.82) is 0 Å². The molecule has 0 atom stereocenters. The van der Waals surface area contributed by atoms with Crippen molar-refractivity contribution in [1.82, 2.24) is 0 Å². The topological polar surface area (TPSA) is 102 Å². The number of nitro groups is 1. The van der Waals surface area contributed by atoms with Crippen LogP contribution in [-0.2, 0) is 17.7 Å². The molecule has 1 aliphatic rings. The molecular weight excluding hydrogens is 446 g/mol. The second kappa shape index (κ2) is 9.30. The van der Waals surface area contributed by atoms with E-state index in [2.05, 4.69) is 16.3 Å². The van der Waals surface area contributed by atoms with Gasteiger partial charge in [-0.3, -0.25) is 14.9 Å². The minimum absolute atomic E-state index is 0.0807. The summed E-state index contributed by atoms with van der Waals surface area (Å²) < 4.78 is 4.73. The zero-order valence-electron chi connectivity index (χ0n) is 17.7. The van der Waals surface area contributed by atoms with E-state index >= 15 is 0 Å². The quantitative estimate of drug-likeness (QED) is 0.317. The Labute approximate surface area is 194 Å². The second-order valence-electron chi connectivity index (χ2n) is 7.54. The second-order valence-corrected chi connectivity index (χ2v) is 7.97. The van der Waals surface area contributed by atoms with Gasteiger partial charge in [-0.2, -0.15) is 0 Å². The molecule has 9 heteroatoms. The van der Waals surface area contributed by atoms with Gasteiger partial charge >= 0.3 is 5.97 Å². The van der Waals surface area contributed by atoms with E-state index in [-0.39, 0.29) is 22.5 Å². The lowest BCUT2D eigenvalue weighted by molar-refractivity contribution is -0.385. The van der Waals surface area contributed by atoms with Gasteiger partial charge in [-0.1, -0.05) is 29.8 Å². The first-order valence-electron chi connectivity index (χ1n) is 10.2. The normalized spacial score (nSPS) is 12.2. The Bertz CT molecular complexity index is 1260. The average Bonchev–Trinajstić information content (AvgIpc) is 3.22. The average molecular weight is 466 g/mol. The fourth-order valence-electron chi connectivity index (χ4n) is 3.88. The summed E-state index contributed by atoms with van der Waals surface area (Å²) in [6, 6.07) is 16.7. The molecule has 4 rings (SSSR count). The molecule has 0 unspecified atom stereocenters. The third-order valence-electron chi connectivity index (χ3n) is 5.52. The van der Waals surface area contributed by atoms with Crippen LogP contribution in [0.4, 0.5) is 17.1 Å². The molecule has 168 valence electrons. The number of rotatable bonds is 6. The summed E-state index contributed by atoms with van der Waals surface area (Å²) in [4.78, 5) is 38.2. The molecule has 1 amide bonds. The van der Waals surface area contributed by atoms with Crippen LogP contribution in [0, 0.1) is 10.1 Å². The number of halogens is 1. The van der Waals surface area contributed by atoms with E-state index in [4.69, 9.17) is 16.3 Å². The van der Waals surface area contributed by atoms with Crippen LogP contribution in [0.1, 0.15) is 31.8 Å². The van der Waals surface area contributed by atoms with Crippen molar-refractivity contribution >= 4 is 40.5 Å². The molecule has 3 aromatic carbocycles. The Morgan fingerprint density at radius 3 is 2.70 bits per heavy atom. The first kappa shape index (κ1) is 22.3. The van der Waals surface area contributed by atoms with E-state index in [1.54, 1.807) is 6.07 Å². The van der Waals surface area contributed by atoms with Gasteiger partial charge in [0.2, 0.25) is 0 Å². The van der Waals surface area contributed by atoms with Crippen LogP contribution < -0.4 is 10.2 Å². The van der Waals surface area contributed by atoms with Crippen molar-refractivity contribution in [2.75, 3.05) is 23.9 Å². The molecule has 8 nitrogen and oxygen atoms in total. The fraction of sp³-hybridized carbons (Fsp3) is 0.167. The summed E-state index contributed by atoms with van der Waals surface area (Å²) >= 11 is 5.95. The standard InChI is InChI=1S/C24H20ClN3O5/c1-33-24(30)19-13-18(25)8-9-20(19)26-23(29)16-6-7-17(22(12-16)28(31)32)14-27-11-10-15-4-2-3-5-21(15)27/h2-9,12-13H,10-11,14H2,1H3,(H,26,29). The van der Waals surface area contributed by atoms with Crippen LogP contribution >= 0.6 is 11.6 Å². The lowest BCUT2D eigenvalue weighted by Gasteiger charge is -2.19. The number of anilines is 2. The minimum Gasteiger partial charge on any atom is -0.465 e. The van der Waals surface area contributed by atoms with Crippen LogP contribution in [0.15, 0.2) is 60.7 Å². The zero-order chi connectivity index (χ0) is 23.5. The van der Waals surface area contributed by atoms with Crippen molar-refractivity contribution < 1.29 is 19.2 Å². The number of carbonyl (C=O) groups is 2. The number of fused-ring (bicyclic) bond motifs is 1. The maximum absolute atomic E-state index is 12.8. The number of hydrogen-bond donors (Lipinski definition) is 1. The summed E-state index contributed by atoms with van der Waals surface area (Å²) in [6.07, 6.45) is 0.883. The van der Waals surface area contributed by atoms with Gasteiger partial charge in [0.25, 0.3) is 11.6 Å². The first-order valence-corrected chi connectivity index (χ1v) is 10.5. The van der Waals surface area contributed by atoms with Crippen LogP contribution in [0.2, 0.25) is 5.02 Å². The number of ether oxygens (including phenoxy) is 1. The Kier molecular flexibility index (Phi) is 6.28. The van der Waals surface area contributed by atoms with Crippen LogP contribution in [0.25, 0.3) is 0 Å². The maximum Gasteiger partial charge on any atom is 0.340 e. The molecular formula is C24H20ClN3O5. The predicted octanol–water partition coefficient (Wildman–Crippen LogP) is 4.85. The molecule has 0 aromatic heterocycles. The summed E-state index contributed by atoms with van der Waals surface area (Å²) in [5.74, 6) is -1.26. The summed E-state index contributed by atoms with van der Waals surface area (Å²) in [5.41, 5.74) is 3.01. The number of para-hydroxylation sites is 1. The summed E-state index contributed by atoms with van der Waals surface area (Å²) in [7, 11) is 1.22. The smallest absolute Gasteiger partial charge is 0.340 e. The number of hydrogen-bond acceptors (Lipinski definition) is 6. The number of methoxy groups -OCH3 is 1. The molecule has 0 saturated heterocycles. The highest BCUT2D eigenvalue weighted by Gasteiger charge is 2.24. The van der Waals surface area contributed by atoms with Gasteiger partial charge in [-0.05, 0) is 48.4 Å². The molecule has 0 fully saturated rings. The highest BCUT2D eigenvalue weighted by atomic mass is 35.5. The minimum atomic E-state index is -0.667. The van der Waals surface area contributed by atoms with E-state index in [0.29, 0.717) is 17.1 Å². The van der Waals surface area contributed by atoms with E-state index in [1.165, 1.54) is 43.0 Å². The molecule has 0 saturated carbocycles. The van der Waals surface area contributed by atoms with Gasteiger partial charge in [0.1, 0.15) is 0 Å². The van der Waals surface area contributed by atoms with Crippen molar-refractivity contribution in [2.24, 2.45) is 0 Å². The van der Waals surface area contributed by atoms with E-state index in [9.17, 15) is 19.7 Å². The maximum atomic E-state index is 12.8. The molecule has 0 radical (unpaired) electrons. The largest absolute Gasteiger partial charge is 0.465 e. The predicted molar refractivity (Wildman–Crippen MR) is 125 cm³/mol. The monoisotopic (exact) mass is 465 g/mol. The Morgan fingerprint density at radius 2 is 1.94 bits per heavy atom. The summed E-state index contributed by atoms with van der Waals surface area (Å²) in [5, 5.41) is 14.7. The number of nitrogens with one attached hydrogen (secondary N) is 1. The van der Waals surface area contributed by atoms with Gasteiger partial charge in [-0.25, -0.2) is 4.79 Å². The number of amides is 1. The van der Waals surface area contributed by atoms with E-state index in [1.807, 2.05) is 18.2 Å². The van der Waals surface area contributed by atoms with Gasteiger partial charge in [0.05, 0.1) is 23.3 Å².